The maximum absolute atomic E-state index is 13.0. The van der Waals surface area contributed by atoms with Gasteiger partial charge in [-0.25, -0.2) is 4.79 Å². The minimum absolute atomic E-state index is 0.0690. The van der Waals surface area contributed by atoms with E-state index in [1.807, 2.05) is 0 Å². The van der Waals surface area contributed by atoms with E-state index in [1.54, 1.807) is 48.5 Å². The topological polar surface area (TPSA) is 73.6 Å². The molecule has 120 valence electrons. The second-order valence-corrected chi connectivity index (χ2v) is 5.25. The number of hydrogen-bond acceptors (Lipinski definition) is 5. The van der Waals surface area contributed by atoms with E-state index in [9.17, 15) is 14.4 Å². The Balaban J connectivity index is 2.30. The van der Waals surface area contributed by atoms with Gasteiger partial charge in [0.2, 0.25) is 0 Å². The molecule has 2 aromatic carbocycles. The number of fused-ring (bicyclic) bond motifs is 1. The summed E-state index contributed by atoms with van der Waals surface area (Å²) < 4.78 is 10.2. The molecule has 0 spiro atoms. The van der Waals surface area contributed by atoms with Crippen molar-refractivity contribution >= 4 is 22.5 Å². The molecule has 0 saturated carbocycles. The van der Waals surface area contributed by atoms with E-state index in [2.05, 4.69) is 0 Å². The second-order valence-electron chi connectivity index (χ2n) is 5.25. The van der Waals surface area contributed by atoms with E-state index < -0.39 is 17.2 Å². The van der Waals surface area contributed by atoms with E-state index in [0.29, 0.717) is 16.7 Å². The first-order chi connectivity index (χ1) is 11.5. The average Bonchev–Trinajstić information content (AvgIpc) is 2.59. The first-order valence-electron chi connectivity index (χ1n) is 7.28. The smallest absolute Gasteiger partial charge is 0.347 e. The number of carbonyl (C=O) groups excluding carboxylic acids is 2. The fourth-order valence-corrected chi connectivity index (χ4v) is 2.59. The van der Waals surface area contributed by atoms with Gasteiger partial charge in [-0.15, -0.1) is 0 Å². The SMILES string of the molecule is COc1ccc(C(=O)c2c(C(C)=O)c(=O)oc3ccccc23)cc1. The molecule has 0 unspecified atom stereocenters. The lowest BCUT2D eigenvalue weighted by molar-refractivity contribution is 0.0987. The van der Waals surface area contributed by atoms with Crippen LogP contribution in [0.5, 0.6) is 5.75 Å². The fourth-order valence-electron chi connectivity index (χ4n) is 2.59. The molecule has 0 fully saturated rings. The number of carbonyl (C=O) groups is 2. The van der Waals surface area contributed by atoms with Crippen LogP contribution in [0.4, 0.5) is 0 Å². The third-order valence-electron chi connectivity index (χ3n) is 3.74. The molecule has 1 heterocycles. The quantitative estimate of drug-likeness (QED) is 0.544. The van der Waals surface area contributed by atoms with Crippen LogP contribution in [0.25, 0.3) is 11.0 Å². The molecule has 24 heavy (non-hydrogen) atoms. The first-order valence-corrected chi connectivity index (χ1v) is 7.28. The van der Waals surface area contributed by atoms with E-state index in [-0.39, 0.29) is 16.7 Å². The van der Waals surface area contributed by atoms with Crippen molar-refractivity contribution in [3.05, 3.63) is 75.6 Å². The standard InChI is InChI=1S/C19H14O5/c1-11(20)16-17(14-5-3-4-6-15(14)24-19(16)22)18(21)12-7-9-13(23-2)10-8-12/h3-10H,1-2H3. The molecule has 3 aromatic rings. The van der Waals surface area contributed by atoms with Crippen molar-refractivity contribution in [3.8, 4) is 5.75 Å². The molecule has 0 saturated heterocycles. The minimum Gasteiger partial charge on any atom is -0.497 e. The largest absolute Gasteiger partial charge is 0.497 e. The lowest BCUT2D eigenvalue weighted by atomic mass is 9.94. The number of rotatable bonds is 4. The van der Waals surface area contributed by atoms with Crippen LogP contribution in [0.15, 0.2) is 57.7 Å². The van der Waals surface area contributed by atoms with Gasteiger partial charge in [-0.1, -0.05) is 18.2 Å². The average molecular weight is 322 g/mol. The Kier molecular flexibility index (Phi) is 4.00. The summed E-state index contributed by atoms with van der Waals surface area (Å²) in [6.07, 6.45) is 0. The molecule has 5 nitrogen and oxygen atoms in total. The van der Waals surface area contributed by atoms with E-state index in [1.165, 1.54) is 14.0 Å². The number of ether oxygens (including phenoxy) is 1. The minimum atomic E-state index is -0.807. The summed E-state index contributed by atoms with van der Waals surface area (Å²) in [6, 6.07) is 13.1. The number of para-hydroxylation sites is 1. The van der Waals surface area contributed by atoms with Crippen molar-refractivity contribution in [1.29, 1.82) is 0 Å². The summed E-state index contributed by atoms with van der Waals surface area (Å²) in [5.41, 5.74) is -0.342. The molecule has 1 aromatic heterocycles. The zero-order valence-electron chi connectivity index (χ0n) is 13.2. The summed E-state index contributed by atoms with van der Waals surface area (Å²) in [5.74, 6) is -0.311. The lowest BCUT2D eigenvalue weighted by Gasteiger charge is -2.09. The third-order valence-corrected chi connectivity index (χ3v) is 3.74. The van der Waals surface area contributed by atoms with Crippen LogP contribution in [0.2, 0.25) is 0 Å². The predicted octanol–water partition coefficient (Wildman–Crippen LogP) is 3.24. The zero-order chi connectivity index (χ0) is 17.3. The van der Waals surface area contributed by atoms with Gasteiger partial charge >= 0.3 is 5.63 Å². The maximum atomic E-state index is 13.0. The van der Waals surface area contributed by atoms with Crippen LogP contribution in [0.3, 0.4) is 0 Å². The summed E-state index contributed by atoms with van der Waals surface area (Å²) in [7, 11) is 1.53. The Morgan fingerprint density at radius 1 is 0.958 bits per heavy atom. The van der Waals surface area contributed by atoms with Crippen molar-refractivity contribution in [2.24, 2.45) is 0 Å². The first kappa shape index (κ1) is 15.7. The van der Waals surface area contributed by atoms with Crippen LogP contribution >= 0.6 is 0 Å². The second kappa shape index (κ2) is 6.12. The van der Waals surface area contributed by atoms with Crippen LogP contribution < -0.4 is 10.4 Å². The molecule has 0 aliphatic rings. The van der Waals surface area contributed by atoms with Crippen molar-refractivity contribution < 1.29 is 18.7 Å². The Labute approximate surface area is 137 Å². The van der Waals surface area contributed by atoms with E-state index in [4.69, 9.17) is 9.15 Å². The molecular formula is C19H14O5. The normalized spacial score (nSPS) is 10.6. The molecule has 0 bridgehead atoms. The number of Topliss-reactive ketones (excluding diaryl/α,β-unsaturated/α-hetero) is 1. The van der Waals surface area contributed by atoms with E-state index in [0.717, 1.165) is 0 Å². The molecular weight excluding hydrogens is 308 g/mol. The van der Waals surface area contributed by atoms with Crippen LogP contribution in [0.1, 0.15) is 33.2 Å². The van der Waals surface area contributed by atoms with Gasteiger partial charge in [0.05, 0.1) is 12.7 Å². The van der Waals surface area contributed by atoms with Gasteiger partial charge in [-0.05, 0) is 37.3 Å². The molecule has 0 aliphatic carbocycles. The van der Waals surface area contributed by atoms with Gasteiger partial charge in [-0.2, -0.15) is 0 Å². The zero-order valence-corrected chi connectivity index (χ0v) is 13.2. The number of ketones is 2. The van der Waals surface area contributed by atoms with Crippen molar-refractivity contribution in [1.82, 2.24) is 0 Å². The van der Waals surface area contributed by atoms with Crippen molar-refractivity contribution in [3.63, 3.8) is 0 Å². The highest BCUT2D eigenvalue weighted by Crippen LogP contribution is 2.24. The summed E-state index contributed by atoms with van der Waals surface area (Å²) in [4.78, 5) is 37.1. The molecule has 5 heteroatoms. The Morgan fingerprint density at radius 2 is 1.62 bits per heavy atom. The monoisotopic (exact) mass is 322 g/mol. The molecule has 0 atom stereocenters. The molecule has 0 N–H and O–H groups in total. The number of hydrogen-bond donors (Lipinski definition) is 0. The highest BCUT2D eigenvalue weighted by molar-refractivity contribution is 6.21. The molecule has 3 rings (SSSR count). The van der Waals surface area contributed by atoms with Gasteiger partial charge in [0.25, 0.3) is 0 Å². The highest BCUT2D eigenvalue weighted by atomic mass is 16.5. The van der Waals surface area contributed by atoms with Gasteiger partial charge in [-0.3, -0.25) is 9.59 Å². The van der Waals surface area contributed by atoms with Crippen LogP contribution in [0, 0.1) is 0 Å². The Bertz CT molecular complexity index is 996. The van der Waals surface area contributed by atoms with Gasteiger partial charge < -0.3 is 9.15 Å². The maximum Gasteiger partial charge on any atom is 0.347 e. The van der Waals surface area contributed by atoms with Gasteiger partial charge in [0.1, 0.15) is 16.9 Å². The molecule has 0 aliphatic heterocycles. The summed E-state index contributed by atoms with van der Waals surface area (Å²) in [5, 5.41) is 0.433. The number of benzene rings is 2. The third kappa shape index (κ3) is 2.60. The van der Waals surface area contributed by atoms with E-state index >= 15 is 0 Å². The summed E-state index contributed by atoms with van der Waals surface area (Å²) >= 11 is 0. The van der Waals surface area contributed by atoms with Crippen molar-refractivity contribution in [2.45, 2.75) is 6.92 Å². The highest BCUT2D eigenvalue weighted by Gasteiger charge is 2.24. The molecule has 0 radical (unpaired) electrons. The summed E-state index contributed by atoms with van der Waals surface area (Å²) in [6.45, 7) is 1.24. The van der Waals surface area contributed by atoms with Gasteiger partial charge in [0.15, 0.2) is 11.6 Å². The fraction of sp³-hybridized carbons (Fsp3) is 0.105. The predicted molar refractivity (Wildman–Crippen MR) is 88.9 cm³/mol. The molecule has 0 amide bonds. The van der Waals surface area contributed by atoms with Gasteiger partial charge in [0, 0.05) is 10.9 Å². The van der Waals surface area contributed by atoms with Crippen LogP contribution in [-0.2, 0) is 0 Å². The van der Waals surface area contributed by atoms with Crippen LogP contribution in [-0.4, -0.2) is 18.7 Å². The Morgan fingerprint density at radius 3 is 2.25 bits per heavy atom. The Hall–Kier alpha value is -3.21. The lowest BCUT2D eigenvalue weighted by Crippen LogP contribution is -2.19. The number of methoxy groups -OCH3 is 1. The van der Waals surface area contributed by atoms with Crippen molar-refractivity contribution in [2.75, 3.05) is 7.11 Å².